The molecule has 3 aromatic rings. The van der Waals surface area contributed by atoms with E-state index in [4.69, 9.17) is 0 Å². The lowest BCUT2D eigenvalue weighted by molar-refractivity contribution is -0.135. The minimum atomic E-state index is -0.372. The number of carbonyl (C=O) groups excluding carboxylic acids is 2. The molecule has 2 atom stereocenters. The molecule has 0 bridgehead atoms. The number of anilines is 1. The van der Waals surface area contributed by atoms with Crippen LogP contribution in [-0.2, 0) is 11.2 Å². The van der Waals surface area contributed by atoms with Gasteiger partial charge in [-0.05, 0) is 41.3 Å². The summed E-state index contributed by atoms with van der Waals surface area (Å²) in [5.74, 6) is -0.193. The molecule has 0 N–H and O–H groups in total. The van der Waals surface area contributed by atoms with Crippen LogP contribution >= 0.6 is 0 Å². The molecular weight excluding hydrogens is 410 g/mol. The number of piperazine rings is 1. The number of benzene rings is 3. The molecule has 0 unspecified atom stereocenters. The van der Waals surface area contributed by atoms with Gasteiger partial charge in [0.1, 0.15) is 0 Å². The van der Waals surface area contributed by atoms with E-state index in [-0.39, 0.29) is 23.8 Å². The molecule has 1 saturated heterocycles. The highest BCUT2D eigenvalue weighted by atomic mass is 16.2. The fourth-order valence-electron chi connectivity index (χ4n) is 5.76. The van der Waals surface area contributed by atoms with E-state index in [2.05, 4.69) is 41.3 Å². The number of fused-ring (bicyclic) bond motifs is 4. The zero-order valence-electron chi connectivity index (χ0n) is 18.6. The second-order valence-corrected chi connectivity index (χ2v) is 9.11. The Kier molecular flexibility index (Phi) is 4.90. The highest BCUT2D eigenvalue weighted by molar-refractivity contribution is 6.01. The van der Waals surface area contributed by atoms with Gasteiger partial charge in [0.25, 0.3) is 5.91 Å². The second-order valence-electron chi connectivity index (χ2n) is 9.11. The SMILES string of the molecule is O=C([C@H]1c2ccccc2C(=O)N2CCc3ccccc3[C@H]12)N1CCN(c2ccccc2)CC1. The van der Waals surface area contributed by atoms with Crippen molar-refractivity contribution >= 4 is 17.5 Å². The molecule has 0 spiro atoms. The Labute approximate surface area is 194 Å². The Balaban J connectivity index is 1.34. The van der Waals surface area contributed by atoms with E-state index < -0.39 is 0 Å². The van der Waals surface area contributed by atoms with Gasteiger partial charge in [0.05, 0.1) is 12.0 Å². The van der Waals surface area contributed by atoms with Crippen LogP contribution in [0.1, 0.15) is 39.0 Å². The number of hydrogen-bond donors (Lipinski definition) is 0. The third-order valence-corrected chi connectivity index (χ3v) is 7.41. The molecule has 3 aromatic carbocycles. The number of nitrogens with zero attached hydrogens (tertiary/aromatic N) is 3. The van der Waals surface area contributed by atoms with Gasteiger partial charge in [-0.2, -0.15) is 0 Å². The zero-order chi connectivity index (χ0) is 22.4. The summed E-state index contributed by atoms with van der Waals surface area (Å²) in [6.07, 6.45) is 0.831. The third-order valence-electron chi connectivity index (χ3n) is 7.41. The smallest absolute Gasteiger partial charge is 0.254 e. The average Bonchev–Trinajstić information content (AvgIpc) is 2.89. The first-order valence-corrected chi connectivity index (χ1v) is 11.8. The molecule has 166 valence electrons. The van der Waals surface area contributed by atoms with E-state index in [1.165, 1.54) is 11.3 Å². The molecule has 2 amide bonds. The van der Waals surface area contributed by atoms with Crippen molar-refractivity contribution in [2.75, 3.05) is 37.6 Å². The van der Waals surface area contributed by atoms with Crippen LogP contribution in [0.2, 0.25) is 0 Å². The molecule has 3 aliphatic rings. The molecule has 6 rings (SSSR count). The largest absolute Gasteiger partial charge is 0.368 e. The highest BCUT2D eigenvalue weighted by Crippen LogP contribution is 2.46. The first-order valence-electron chi connectivity index (χ1n) is 11.8. The summed E-state index contributed by atoms with van der Waals surface area (Å²) in [6, 6.07) is 26.1. The third kappa shape index (κ3) is 3.30. The quantitative estimate of drug-likeness (QED) is 0.611. The van der Waals surface area contributed by atoms with Crippen molar-refractivity contribution in [1.82, 2.24) is 9.80 Å². The van der Waals surface area contributed by atoms with Gasteiger partial charge in [0.2, 0.25) is 5.91 Å². The second kappa shape index (κ2) is 8.07. The van der Waals surface area contributed by atoms with Crippen LogP contribution in [0.5, 0.6) is 0 Å². The first-order chi connectivity index (χ1) is 16.2. The number of rotatable bonds is 2. The molecule has 5 nitrogen and oxygen atoms in total. The standard InChI is InChI=1S/C28H27N3O2/c32-27-24-13-7-6-12-23(24)25(26-22-11-5-4-8-20(22)14-15-31(26)27)28(33)30-18-16-29(17-19-30)21-9-2-1-3-10-21/h1-13,25-26H,14-19H2/t25-,26+/m0/s1. The summed E-state index contributed by atoms with van der Waals surface area (Å²) in [5.41, 5.74) is 5.11. The van der Waals surface area contributed by atoms with Crippen LogP contribution in [0.3, 0.4) is 0 Å². The molecule has 3 aliphatic heterocycles. The highest BCUT2D eigenvalue weighted by Gasteiger charge is 2.47. The molecule has 5 heteroatoms. The summed E-state index contributed by atoms with van der Waals surface area (Å²) in [5, 5.41) is 0. The Morgan fingerprint density at radius 3 is 2.18 bits per heavy atom. The van der Waals surface area contributed by atoms with Gasteiger partial charge in [-0.25, -0.2) is 0 Å². The van der Waals surface area contributed by atoms with Crippen LogP contribution in [0.4, 0.5) is 5.69 Å². The average molecular weight is 438 g/mol. The Morgan fingerprint density at radius 1 is 0.727 bits per heavy atom. The predicted molar refractivity (Wildman–Crippen MR) is 128 cm³/mol. The molecule has 0 saturated carbocycles. The summed E-state index contributed by atoms with van der Waals surface area (Å²) < 4.78 is 0. The molecule has 33 heavy (non-hydrogen) atoms. The number of amides is 2. The van der Waals surface area contributed by atoms with E-state index >= 15 is 0 Å². The van der Waals surface area contributed by atoms with Crippen molar-refractivity contribution in [2.45, 2.75) is 18.4 Å². The lowest BCUT2D eigenvalue weighted by atomic mass is 9.75. The number of para-hydroxylation sites is 1. The van der Waals surface area contributed by atoms with Gasteiger partial charge in [-0.1, -0.05) is 60.7 Å². The minimum absolute atomic E-state index is 0.0445. The fourth-order valence-corrected chi connectivity index (χ4v) is 5.76. The topological polar surface area (TPSA) is 43.9 Å². The predicted octanol–water partition coefficient (Wildman–Crippen LogP) is 3.87. The van der Waals surface area contributed by atoms with Crippen LogP contribution in [-0.4, -0.2) is 54.3 Å². The van der Waals surface area contributed by atoms with Gasteiger partial charge in [-0.3, -0.25) is 9.59 Å². The number of hydrogen-bond acceptors (Lipinski definition) is 3. The lowest BCUT2D eigenvalue weighted by Crippen LogP contribution is -2.54. The van der Waals surface area contributed by atoms with E-state index in [0.29, 0.717) is 25.2 Å². The van der Waals surface area contributed by atoms with Crippen LogP contribution in [0, 0.1) is 0 Å². The Hall–Kier alpha value is -3.60. The van der Waals surface area contributed by atoms with Crippen molar-refractivity contribution < 1.29 is 9.59 Å². The molecule has 0 aromatic heterocycles. The van der Waals surface area contributed by atoms with Gasteiger partial charge in [0.15, 0.2) is 0 Å². The van der Waals surface area contributed by atoms with E-state index in [0.717, 1.165) is 30.6 Å². The van der Waals surface area contributed by atoms with Crippen molar-refractivity contribution in [3.05, 3.63) is 101 Å². The number of carbonyl (C=O) groups is 2. The van der Waals surface area contributed by atoms with Gasteiger partial charge < -0.3 is 14.7 Å². The first kappa shape index (κ1) is 20.0. The fraction of sp³-hybridized carbons (Fsp3) is 0.286. The molecule has 0 radical (unpaired) electrons. The van der Waals surface area contributed by atoms with Crippen LogP contribution in [0.15, 0.2) is 78.9 Å². The van der Waals surface area contributed by atoms with Gasteiger partial charge in [-0.15, -0.1) is 0 Å². The van der Waals surface area contributed by atoms with Crippen molar-refractivity contribution in [2.24, 2.45) is 0 Å². The molecular formula is C28H27N3O2. The maximum absolute atomic E-state index is 14.1. The maximum Gasteiger partial charge on any atom is 0.254 e. The van der Waals surface area contributed by atoms with Crippen molar-refractivity contribution in [1.29, 1.82) is 0 Å². The summed E-state index contributed by atoms with van der Waals surface area (Å²) in [6.45, 7) is 3.66. The van der Waals surface area contributed by atoms with Crippen LogP contribution in [0.25, 0.3) is 0 Å². The van der Waals surface area contributed by atoms with E-state index in [1.807, 2.05) is 52.3 Å². The van der Waals surface area contributed by atoms with E-state index in [1.54, 1.807) is 0 Å². The van der Waals surface area contributed by atoms with Crippen molar-refractivity contribution in [3.63, 3.8) is 0 Å². The zero-order valence-corrected chi connectivity index (χ0v) is 18.6. The normalized spacial score (nSPS) is 21.8. The van der Waals surface area contributed by atoms with Gasteiger partial charge in [0, 0.05) is 44.0 Å². The monoisotopic (exact) mass is 437 g/mol. The minimum Gasteiger partial charge on any atom is -0.368 e. The van der Waals surface area contributed by atoms with E-state index in [9.17, 15) is 9.59 Å². The van der Waals surface area contributed by atoms with Gasteiger partial charge >= 0.3 is 0 Å². The Morgan fingerprint density at radius 2 is 1.39 bits per heavy atom. The van der Waals surface area contributed by atoms with Crippen LogP contribution < -0.4 is 4.90 Å². The summed E-state index contributed by atoms with van der Waals surface area (Å²) in [4.78, 5) is 33.8. The maximum atomic E-state index is 14.1. The molecule has 0 aliphatic carbocycles. The summed E-state index contributed by atoms with van der Waals surface area (Å²) in [7, 11) is 0. The van der Waals surface area contributed by atoms with Crippen molar-refractivity contribution in [3.8, 4) is 0 Å². The summed E-state index contributed by atoms with van der Waals surface area (Å²) >= 11 is 0. The molecule has 3 heterocycles. The Bertz CT molecular complexity index is 1200. The molecule has 1 fully saturated rings. The lowest BCUT2D eigenvalue weighted by Gasteiger charge is -2.47.